The van der Waals surface area contributed by atoms with Gasteiger partial charge in [-0.05, 0) is 52.7 Å². The first-order valence-corrected chi connectivity index (χ1v) is 7.42. The van der Waals surface area contributed by atoms with Crippen LogP contribution >= 0.6 is 0 Å². The molecule has 112 valence electrons. The second-order valence-corrected chi connectivity index (χ2v) is 6.06. The van der Waals surface area contributed by atoms with E-state index in [-0.39, 0.29) is 0 Å². The normalized spacial score (nSPS) is 11.4. The maximum Gasteiger partial charge on any atom is 0.309 e. The number of hydrogen-bond donors (Lipinski definition) is 1. The maximum atomic E-state index is 11.0. The lowest BCUT2D eigenvalue weighted by atomic mass is 9.87. The number of benzene rings is 1. The van der Waals surface area contributed by atoms with E-state index < -0.39 is 11.4 Å². The summed E-state index contributed by atoms with van der Waals surface area (Å²) in [7, 11) is 0. The third-order valence-corrected chi connectivity index (χ3v) is 3.84. The molecule has 0 fully saturated rings. The van der Waals surface area contributed by atoms with Gasteiger partial charge in [0.2, 0.25) is 0 Å². The van der Waals surface area contributed by atoms with Gasteiger partial charge in [0.05, 0.1) is 5.41 Å². The zero-order valence-electron chi connectivity index (χ0n) is 13.1. The van der Waals surface area contributed by atoms with Crippen LogP contribution in [0.5, 0.6) is 0 Å². The van der Waals surface area contributed by atoms with Crippen LogP contribution in [0.4, 0.5) is 5.69 Å². The number of carboxylic acid groups (broad SMARTS) is 1. The van der Waals surface area contributed by atoms with E-state index in [1.165, 1.54) is 11.3 Å². The molecule has 0 aromatic heterocycles. The minimum absolute atomic E-state index is 0.610. The van der Waals surface area contributed by atoms with Crippen molar-refractivity contribution in [3.05, 3.63) is 29.8 Å². The van der Waals surface area contributed by atoms with Gasteiger partial charge in [0.25, 0.3) is 0 Å². The van der Waals surface area contributed by atoms with Crippen LogP contribution in [0.2, 0.25) is 0 Å². The second kappa shape index (κ2) is 7.32. The fourth-order valence-corrected chi connectivity index (χ4v) is 2.20. The molecule has 0 saturated carbocycles. The van der Waals surface area contributed by atoms with E-state index in [1.54, 1.807) is 13.8 Å². The number of anilines is 1. The van der Waals surface area contributed by atoms with Crippen LogP contribution in [0.3, 0.4) is 0 Å². The van der Waals surface area contributed by atoms with Gasteiger partial charge in [0, 0.05) is 18.8 Å². The first-order chi connectivity index (χ1) is 9.36. The summed E-state index contributed by atoms with van der Waals surface area (Å²) in [5.41, 5.74) is 1.91. The van der Waals surface area contributed by atoms with E-state index in [4.69, 9.17) is 5.11 Å². The maximum absolute atomic E-state index is 11.0. The third-order valence-electron chi connectivity index (χ3n) is 3.84. The van der Waals surface area contributed by atoms with Crippen molar-refractivity contribution in [1.82, 2.24) is 0 Å². The van der Waals surface area contributed by atoms with E-state index in [1.807, 2.05) is 0 Å². The first kappa shape index (κ1) is 16.5. The Morgan fingerprint density at radius 2 is 1.80 bits per heavy atom. The topological polar surface area (TPSA) is 40.5 Å². The van der Waals surface area contributed by atoms with Gasteiger partial charge in [-0.1, -0.05) is 24.1 Å². The van der Waals surface area contributed by atoms with E-state index >= 15 is 0 Å². The van der Waals surface area contributed by atoms with Crippen molar-refractivity contribution in [3.63, 3.8) is 0 Å². The molecule has 1 aromatic carbocycles. The smallest absolute Gasteiger partial charge is 0.309 e. The molecule has 1 N–H and O–H groups in total. The lowest BCUT2D eigenvalue weighted by Gasteiger charge is -2.24. The first-order valence-electron chi connectivity index (χ1n) is 7.42. The molecule has 1 aromatic rings. The molecule has 3 heteroatoms. The molecule has 0 heterocycles. The Bertz CT molecular complexity index is 423. The summed E-state index contributed by atoms with van der Waals surface area (Å²) in [6, 6.07) is 8.57. The van der Waals surface area contributed by atoms with Gasteiger partial charge in [-0.15, -0.1) is 0 Å². The van der Waals surface area contributed by atoms with Gasteiger partial charge in [0.15, 0.2) is 0 Å². The summed E-state index contributed by atoms with van der Waals surface area (Å²) in [6.45, 7) is 9.80. The van der Waals surface area contributed by atoms with Crippen molar-refractivity contribution >= 4 is 11.7 Å². The van der Waals surface area contributed by atoms with Gasteiger partial charge >= 0.3 is 5.97 Å². The molecule has 0 saturated heterocycles. The second-order valence-electron chi connectivity index (χ2n) is 6.06. The third kappa shape index (κ3) is 4.87. The van der Waals surface area contributed by atoms with Crippen LogP contribution in [0, 0.1) is 12.3 Å². The van der Waals surface area contributed by atoms with Gasteiger partial charge in [0.1, 0.15) is 0 Å². The highest BCUT2D eigenvalue weighted by atomic mass is 16.4. The summed E-state index contributed by atoms with van der Waals surface area (Å²) in [5.74, 6) is -0.705. The van der Waals surface area contributed by atoms with Gasteiger partial charge in [-0.3, -0.25) is 4.79 Å². The zero-order valence-corrected chi connectivity index (χ0v) is 13.1. The molecule has 0 radical (unpaired) electrons. The fraction of sp³-hybridized carbons (Fsp3) is 0.588. The molecule has 0 spiro atoms. The zero-order chi connectivity index (χ0) is 15.2. The summed E-state index contributed by atoms with van der Waals surface area (Å²) < 4.78 is 0. The molecule has 3 nitrogen and oxygen atoms in total. The van der Waals surface area contributed by atoms with Crippen LogP contribution in [0.1, 0.15) is 45.6 Å². The van der Waals surface area contributed by atoms with Crippen LogP contribution in [0.25, 0.3) is 0 Å². The Balaban J connectivity index is 2.43. The van der Waals surface area contributed by atoms with Crippen molar-refractivity contribution in [1.29, 1.82) is 0 Å². The molecule has 0 atom stereocenters. The summed E-state index contributed by atoms with van der Waals surface area (Å²) in [5, 5.41) is 9.09. The highest BCUT2D eigenvalue weighted by Gasteiger charge is 2.26. The Labute approximate surface area is 122 Å². The highest BCUT2D eigenvalue weighted by Crippen LogP contribution is 2.24. The molecule has 0 bridgehead atoms. The summed E-state index contributed by atoms with van der Waals surface area (Å²) in [6.07, 6.45) is 2.70. The molecule has 0 aliphatic rings. The van der Waals surface area contributed by atoms with E-state index in [9.17, 15) is 4.79 Å². The van der Waals surface area contributed by atoms with Crippen LogP contribution in [-0.4, -0.2) is 24.2 Å². The fourth-order valence-electron chi connectivity index (χ4n) is 2.20. The van der Waals surface area contributed by atoms with E-state index in [0.29, 0.717) is 0 Å². The molecular formula is C17H27NO2. The number of rotatable bonds is 8. The number of carbonyl (C=O) groups is 1. The SMILES string of the molecule is CCN(CCCCC(C)(C)C(=O)O)c1ccc(C)cc1. The quantitative estimate of drug-likeness (QED) is 0.727. The van der Waals surface area contributed by atoms with Gasteiger partial charge in [-0.2, -0.15) is 0 Å². The average Bonchev–Trinajstić information content (AvgIpc) is 2.40. The van der Waals surface area contributed by atoms with Crippen molar-refractivity contribution < 1.29 is 9.90 Å². The Morgan fingerprint density at radius 1 is 1.20 bits per heavy atom. The predicted octanol–water partition coefficient (Wildman–Crippen LogP) is 4.10. The van der Waals surface area contributed by atoms with Gasteiger partial charge in [-0.25, -0.2) is 0 Å². The van der Waals surface area contributed by atoms with Gasteiger partial charge < -0.3 is 10.0 Å². The van der Waals surface area contributed by atoms with Crippen LogP contribution < -0.4 is 4.90 Å². The van der Waals surface area contributed by atoms with Crippen LogP contribution in [-0.2, 0) is 4.79 Å². The minimum atomic E-state index is -0.705. The van der Waals surface area contributed by atoms with Crippen molar-refractivity contribution in [2.75, 3.05) is 18.0 Å². The monoisotopic (exact) mass is 277 g/mol. The molecule has 1 rings (SSSR count). The standard InChI is InChI=1S/C17H27NO2/c1-5-18(15-10-8-14(2)9-11-15)13-7-6-12-17(3,4)16(19)20/h8-11H,5-7,12-13H2,1-4H3,(H,19,20). The predicted molar refractivity (Wildman–Crippen MR) is 84.3 cm³/mol. The average molecular weight is 277 g/mol. The minimum Gasteiger partial charge on any atom is -0.481 e. The molecule has 0 aliphatic heterocycles. The number of aryl methyl sites for hydroxylation is 1. The Hall–Kier alpha value is -1.51. The van der Waals surface area contributed by atoms with E-state index in [2.05, 4.69) is 43.0 Å². The lowest BCUT2D eigenvalue weighted by molar-refractivity contribution is -0.147. The largest absolute Gasteiger partial charge is 0.481 e. The Morgan fingerprint density at radius 3 is 2.30 bits per heavy atom. The number of hydrogen-bond acceptors (Lipinski definition) is 2. The Kier molecular flexibility index (Phi) is 6.05. The molecule has 20 heavy (non-hydrogen) atoms. The number of unbranched alkanes of at least 4 members (excludes halogenated alkanes) is 1. The summed E-state index contributed by atoms with van der Waals surface area (Å²) >= 11 is 0. The number of carboxylic acids is 1. The van der Waals surface area contributed by atoms with Crippen molar-refractivity contribution in [3.8, 4) is 0 Å². The molecule has 0 amide bonds. The number of aliphatic carboxylic acids is 1. The molecule has 0 unspecified atom stereocenters. The molecule has 0 aliphatic carbocycles. The van der Waals surface area contributed by atoms with E-state index in [0.717, 1.165) is 32.4 Å². The molecular weight excluding hydrogens is 250 g/mol. The van der Waals surface area contributed by atoms with Crippen LogP contribution in [0.15, 0.2) is 24.3 Å². The van der Waals surface area contributed by atoms with Crippen molar-refractivity contribution in [2.45, 2.75) is 47.0 Å². The highest BCUT2D eigenvalue weighted by molar-refractivity contribution is 5.73. The summed E-state index contributed by atoms with van der Waals surface area (Å²) in [4.78, 5) is 13.4. The lowest BCUT2D eigenvalue weighted by Crippen LogP contribution is -2.26. The number of nitrogens with zero attached hydrogens (tertiary/aromatic N) is 1. The van der Waals surface area contributed by atoms with Crippen molar-refractivity contribution in [2.24, 2.45) is 5.41 Å².